The lowest BCUT2D eigenvalue weighted by Gasteiger charge is -2.13. The molecule has 25 heteroatoms. The molecule has 4 rings (SSSR count). The van der Waals surface area contributed by atoms with Gasteiger partial charge in [0, 0.05) is 12.1 Å². The Morgan fingerprint density at radius 2 is 1.78 bits per heavy atom. The highest BCUT2D eigenvalue weighted by molar-refractivity contribution is 7.90. The van der Waals surface area contributed by atoms with Gasteiger partial charge < -0.3 is 24.1 Å². The number of hydrogen-bond acceptors (Lipinski definition) is 16. The van der Waals surface area contributed by atoms with Gasteiger partial charge >= 0.3 is 36.1 Å². The highest BCUT2D eigenvalue weighted by Crippen LogP contribution is 2.37. The fraction of sp³-hybridized carbons (Fsp3) is 0.233. The summed E-state index contributed by atoms with van der Waals surface area (Å²) in [5, 5.41) is 23.2. The summed E-state index contributed by atoms with van der Waals surface area (Å²) >= 11 is 6.55. The smallest absolute Gasteiger partial charge is 0.416 e. The summed E-state index contributed by atoms with van der Waals surface area (Å²) < 4.78 is 83.9. The Kier molecular flexibility index (Phi) is 14.4. The molecular formula is C30H26ClF3N6O13S2. The van der Waals surface area contributed by atoms with E-state index in [1.807, 2.05) is 0 Å². The first-order valence-corrected chi connectivity index (χ1v) is 17.5. The number of esters is 2. The first-order valence-electron chi connectivity index (χ1n) is 14.8. The number of amides is 2. The van der Waals surface area contributed by atoms with Crippen LogP contribution in [0.1, 0.15) is 45.3 Å². The first kappa shape index (κ1) is 43.3. The van der Waals surface area contributed by atoms with Gasteiger partial charge in [0.25, 0.3) is 15.7 Å². The number of aryl methyl sites for hydroxylation is 1. The normalized spacial score (nSPS) is 11.6. The van der Waals surface area contributed by atoms with Gasteiger partial charge in [0.1, 0.15) is 32.7 Å². The number of nitrogens with zero attached hydrogens (tertiary/aromatic N) is 4. The van der Waals surface area contributed by atoms with Crippen LogP contribution < -0.4 is 19.5 Å². The van der Waals surface area contributed by atoms with E-state index in [0.717, 1.165) is 47.7 Å². The second-order valence-corrected chi connectivity index (χ2v) is 13.1. The third kappa shape index (κ3) is 11.9. The van der Waals surface area contributed by atoms with Crippen molar-refractivity contribution in [3.05, 3.63) is 84.8 Å². The SMILES string of the molecule is CCOC(=O)C(C)OC(=O)c1cc(Oc2ccc(C(F)(F)F)cc2Cl)ccc1[N+](=O)[O-].COc1nc(C)nc(NC(=O)NS(=O)(=O)c2ccsc2C(=O)O)n1. The van der Waals surface area contributed by atoms with Gasteiger partial charge in [-0.3, -0.25) is 15.4 Å². The maximum atomic E-state index is 12.8. The molecule has 19 nitrogen and oxygen atoms in total. The number of methoxy groups -OCH3 is 1. The van der Waals surface area contributed by atoms with Gasteiger partial charge in [-0.05, 0) is 56.5 Å². The number of hydrogen-bond donors (Lipinski definition) is 3. The van der Waals surface area contributed by atoms with Gasteiger partial charge in [-0.2, -0.15) is 28.1 Å². The number of thiophene rings is 1. The Balaban J connectivity index is 0.000000305. The molecule has 0 saturated carbocycles. The number of sulfonamides is 1. The molecule has 2 heterocycles. The third-order valence-corrected chi connectivity index (χ3v) is 8.95. The molecule has 2 aromatic heterocycles. The van der Waals surface area contributed by atoms with E-state index in [9.17, 15) is 50.9 Å². The quantitative estimate of drug-likeness (QED) is 0.0887. The van der Waals surface area contributed by atoms with E-state index in [2.05, 4.69) is 20.3 Å². The van der Waals surface area contributed by atoms with Gasteiger partial charge in [0.05, 0.1) is 29.2 Å². The molecule has 294 valence electrons. The molecule has 55 heavy (non-hydrogen) atoms. The summed E-state index contributed by atoms with van der Waals surface area (Å²) in [6, 6.07) is 5.23. The van der Waals surface area contributed by atoms with E-state index in [1.165, 1.54) is 26.3 Å². The lowest BCUT2D eigenvalue weighted by atomic mass is 10.1. The highest BCUT2D eigenvalue weighted by Gasteiger charge is 2.32. The van der Waals surface area contributed by atoms with Crippen molar-refractivity contribution in [2.24, 2.45) is 0 Å². The number of rotatable bonds is 12. The van der Waals surface area contributed by atoms with Crippen molar-refractivity contribution in [3.8, 4) is 17.5 Å². The Bertz CT molecular complexity index is 2220. The maximum Gasteiger partial charge on any atom is 0.416 e. The van der Waals surface area contributed by atoms with Crippen molar-refractivity contribution in [1.29, 1.82) is 0 Å². The molecule has 0 radical (unpaired) electrons. The molecule has 1 unspecified atom stereocenters. The number of nitro groups is 1. The van der Waals surface area contributed by atoms with E-state index in [-0.39, 0.29) is 40.9 Å². The number of anilines is 1. The van der Waals surface area contributed by atoms with Crippen molar-refractivity contribution in [1.82, 2.24) is 19.7 Å². The lowest BCUT2D eigenvalue weighted by molar-refractivity contribution is -0.385. The van der Waals surface area contributed by atoms with Crippen molar-refractivity contribution < 1.29 is 69.7 Å². The van der Waals surface area contributed by atoms with Crippen LogP contribution in [-0.2, 0) is 30.5 Å². The highest BCUT2D eigenvalue weighted by atomic mass is 35.5. The topological polar surface area (TPSA) is 265 Å². The number of urea groups is 1. The number of carboxylic acid groups (broad SMARTS) is 1. The number of nitrogens with one attached hydrogen (secondary N) is 2. The molecule has 2 aromatic carbocycles. The molecule has 1 atom stereocenters. The molecule has 4 aromatic rings. The number of aromatic carboxylic acids is 1. The minimum Gasteiger partial charge on any atom is -0.477 e. The molecule has 0 aliphatic heterocycles. The molecule has 0 bridgehead atoms. The monoisotopic (exact) mass is 834 g/mol. The number of carbonyl (C=O) groups excluding carboxylic acids is 3. The average Bonchev–Trinajstić information content (AvgIpc) is 3.60. The van der Waals surface area contributed by atoms with Crippen molar-refractivity contribution in [2.45, 2.75) is 37.9 Å². The van der Waals surface area contributed by atoms with E-state index in [1.54, 1.807) is 11.6 Å². The van der Waals surface area contributed by atoms with Crippen LogP contribution in [0.5, 0.6) is 17.5 Å². The fourth-order valence-corrected chi connectivity index (χ4v) is 6.28. The van der Waals surface area contributed by atoms with Gasteiger partial charge in [-0.25, -0.2) is 32.3 Å². The Morgan fingerprint density at radius 1 is 1.09 bits per heavy atom. The van der Waals surface area contributed by atoms with Crippen LogP contribution in [0.3, 0.4) is 0 Å². The number of ether oxygens (including phenoxy) is 4. The lowest BCUT2D eigenvalue weighted by Crippen LogP contribution is -2.35. The molecule has 2 amide bonds. The maximum absolute atomic E-state index is 12.8. The van der Waals surface area contributed by atoms with Gasteiger partial charge in [0.15, 0.2) is 6.10 Å². The molecular weight excluding hydrogens is 809 g/mol. The van der Waals surface area contributed by atoms with Crippen LogP contribution in [0, 0.1) is 17.0 Å². The van der Waals surface area contributed by atoms with E-state index in [4.69, 9.17) is 35.7 Å². The van der Waals surface area contributed by atoms with Gasteiger partial charge in [-0.1, -0.05) is 11.6 Å². The summed E-state index contributed by atoms with van der Waals surface area (Å²) in [5.41, 5.74) is -2.17. The predicted octanol–water partition coefficient (Wildman–Crippen LogP) is 5.63. The number of benzene rings is 2. The minimum absolute atomic E-state index is 0.0398. The Morgan fingerprint density at radius 3 is 2.36 bits per heavy atom. The minimum atomic E-state index is -4.61. The molecule has 0 fully saturated rings. The first-order chi connectivity index (χ1) is 25.7. The van der Waals surface area contributed by atoms with Crippen LogP contribution in [0.2, 0.25) is 5.02 Å². The van der Waals surface area contributed by atoms with Crippen LogP contribution in [0.15, 0.2) is 52.7 Å². The number of carboxylic acids is 1. The second kappa shape index (κ2) is 18.3. The number of aromatic nitrogens is 3. The number of carbonyl (C=O) groups is 4. The van der Waals surface area contributed by atoms with Crippen LogP contribution in [-0.4, -0.2) is 77.2 Å². The zero-order chi connectivity index (χ0) is 41.2. The number of nitro benzene ring substituents is 1. The zero-order valence-corrected chi connectivity index (χ0v) is 30.8. The van der Waals surface area contributed by atoms with Gasteiger partial charge in [0.2, 0.25) is 5.95 Å². The number of alkyl halides is 3. The zero-order valence-electron chi connectivity index (χ0n) is 28.4. The van der Waals surface area contributed by atoms with Gasteiger partial charge in [-0.15, -0.1) is 11.3 Å². The summed E-state index contributed by atoms with van der Waals surface area (Å²) in [6.07, 6.45) is -5.94. The predicted molar refractivity (Wildman–Crippen MR) is 183 cm³/mol. The molecule has 0 aliphatic rings. The van der Waals surface area contributed by atoms with E-state index >= 15 is 0 Å². The number of halogens is 4. The molecule has 0 saturated heterocycles. The summed E-state index contributed by atoms with van der Waals surface area (Å²) in [7, 11) is -3.06. The van der Waals surface area contributed by atoms with Crippen LogP contribution in [0.25, 0.3) is 0 Å². The largest absolute Gasteiger partial charge is 0.477 e. The van der Waals surface area contributed by atoms with E-state index in [0.29, 0.717) is 6.07 Å². The summed E-state index contributed by atoms with van der Waals surface area (Å²) in [5.74, 6) is -3.75. The van der Waals surface area contributed by atoms with Crippen LogP contribution >= 0.6 is 22.9 Å². The third-order valence-electron chi connectivity index (χ3n) is 6.25. The molecule has 0 aliphatic carbocycles. The Hall–Kier alpha value is -6.14. The summed E-state index contributed by atoms with van der Waals surface area (Å²) in [6.45, 7) is 4.33. The van der Waals surface area contributed by atoms with Crippen LogP contribution in [0.4, 0.5) is 29.6 Å². The standard InChI is InChI=1S/C19H15ClF3NO7.C11H11N5O6S2/c1-3-29-17(25)10(2)30-18(26)13-9-12(5-6-15(13)24(27)28)31-16-7-4-11(8-14(16)20)19(21,22)23;1-5-12-9(15-11(13-5)22-2)14-10(19)16-24(20,21)6-3-4-23-7(6)8(17)18/h4-10H,3H2,1-2H3;3-4H,1-2H3,(H,17,18)(H2,12,13,14,15,16,19). The summed E-state index contributed by atoms with van der Waals surface area (Å²) in [4.78, 5) is 67.6. The average molecular weight is 835 g/mol. The second-order valence-electron chi connectivity index (χ2n) is 10.2. The van der Waals surface area contributed by atoms with Crippen molar-refractivity contribution in [2.75, 3.05) is 19.0 Å². The van der Waals surface area contributed by atoms with Crippen molar-refractivity contribution >= 4 is 68.5 Å². The van der Waals surface area contributed by atoms with Crippen molar-refractivity contribution in [3.63, 3.8) is 0 Å². The Labute approximate surface area is 316 Å². The van der Waals surface area contributed by atoms with E-state index < -0.39 is 77.8 Å². The molecule has 3 N–H and O–H groups in total. The molecule has 0 spiro atoms. The fourth-order valence-electron chi connectivity index (χ4n) is 3.89.